The van der Waals surface area contributed by atoms with E-state index in [0.717, 1.165) is 10.4 Å². The number of hydrogen-bond acceptors (Lipinski definition) is 6. The lowest BCUT2D eigenvalue weighted by Crippen LogP contribution is -2.04. The molecule has 0 amide bonds. The highest BCUT2D eigenvalue weighted by Gasteiger charge is 2.22. The molecule has 0 aliphatic heterocycles. The summed E-state index contributed by atoms with van der Waals surface area (Å²) < 4.78 is 15.9. The summed E-state index contributed by atoms with van der Waals surface area (Å²) in [5, 5.41) is 0.602. The quantitative estimate of drug-likeness (QED) is 0.592. The summed E-state index contributed by atoms with van der Waals surface area (Å²) in [7, 11) is 4.51. The van der Waals surface area contributed by atoms with Crippen LogP contribution in [0.3, 0.4) is 0 Å². The van der Waals surface area contributed by atoms with Gasteiger partial charge < -0.3 is 19.9 Å². The van der Waals surface area contributed by atoms with Crippen molar-refractivity contribution in [2.45, 2.75) is 0 Å². The first-order chi connectivity index (χ1) is 13.0. The van der Waals surface area contributed by atoms with Crippen LogP contribution in [0.25, 0.3) is 10.4 Å². The molecule has 2 aromatic carbocycles. The average molecular weight is 404 g/mol. The lowest BCUT2D eigenvalue weighted by atomic mass is 10.1. The topological polar surface area (TPSA) is 70.8 Å². The van der Waals surface area contributed by atoms with Gasteiger partial charge in [0.25, 0.3) is 0 Å². The molecular weight excluding hydrogens is 386 g/mol. The van der Waals surface area contributed by atoms with E-state index < -0.39 is 0 Å². The number of halogens is 1. The first-order valence-corrected chi connectivity index (χ1v) is 9.18. The van der Waals surface area contributed by atoms with Crippen LogP contribution < -0.4 is 19.9 Å². The van der Waals surface area contributed by atoms with Gasteiger partial charge in [-0.3, -0.25) is 4.79 Å². The molecule has 0 spiro atoms. The minimum Gasteiger partial charge on any atom is -0.493 e. The largest absolute Gasteiger partial charge is 0.493 e. The Kier molecular flexibility index (Phi) is 5.58. The van der Waals surface area contributed by atoms with E-state index in [1.54, 1.807) is 24.3 Å². The number of ketones is 1. The maximum atomic E-state index is 13.1. The Morgan fingerprint density at radius 2 is 1.63 bits per heavy atom. The number of nitrogens with two attached hydrogens (primary N) is 1. The predicted octanol–water partition coefficient (Wildman–Crippen LogP) is 4.91. The van der Waals surface area contributed by atoms with Crippen LogP contribution in [-0.4, -0.2) is 27.1 Å². The Hall–Kier alpha value is -2.70. The fourth-order valence-corrected chi connectivity index (χ4v) is 4.09. The maximum Gasteiger partial charge on any atom is 0.205 e. The van der Waals surface area contributed by atoms with E-state index in [1.165, 1.54) is 32.7 Å². The zero-order chi connectivity index (χ0) is 19.6. The molecule has 5 nitrogen and oxygen atoms in total. The zero-order valence-corrected chi connectivity index (χ0v) is 16.6. The van der Waals surface area contributed by atoms with Crippen molar-refractivity contribution >= 4 is 34.4 Å². The second kappa shape index (κ2) is 7.90. The van der Waals surface area contributed by atoms with Crippen LogP contribution in [0.2, 0.25) is 5.02 Å². The molecule has 3 aromatic rings. The minimum absolute atomic E-state index is 0.227. The van der Waals surface area contributed by atoms with Gasteiger partial charge in [0.2, 0.25) is 11.5 Å². The second-order valence-electron chi connectivity index (χ2n) is 5.62. The van der Waals surface area contributed by atoms with Gasteiger partial charge in [-0.05, 0) is 24.3 Å². The summed E-state index contributed by atoms with van der Waals surface area (Å²) in [6.45, 7) is 0. The number of rotatable bonds is 6. The second-order valence-corrected chi connectivity index (χ2v) is 7.08. The molecule has 0 atom stereocenters. The van der Waals surface area contributed by atoms with E-state index in [-0.39, 0.29) is 5.78 Å². The van der Waals surface area contributed by atoms with Crippen LogP contribution in [0.5, 0.6) is 17.2 Å². The molecule has 0 radical (unpaired) electrons. The number of carbonyl (C=O) groups excluding carboxylic acids is 1. The van der Waals surface area contributed by atoms with Crippen molar-refractivity contribution in [2.24, 2.45) is 0 Å². The van der Waals surface area contributed by atoms with Crippen molar-refractivity contribution in [3.05, 3.63) is 57.9 Å². The first-order valence-electron chi connectivity index (χ1n) is 7.99. The first kappa shape index (κ1) is 19.1. The Labute approximate surface area is 166 Å². The highest BCUT2D eigenvalue weighted by atomic mass is 35.5. The monoisotopic (exact) mass is 403 g/mol. The molecule has 7 heteroatoms. The van der Waals surface area contributed by atoms with Crippen molar-refractivity contribution in [1.82, 2.24) is 0 Å². The van der Waals surface area contributed by atoms with Gasteiger partial charge in [0.05, 0.1) is 31.9 Å². The van der Waals surface area contributed by atoms with Crippen LogP contribution in [0.1, 0.15) is 15.2 Å². The van der Waals surface area contributed by atoms with Gasteiger partial charge in [-0.1, -0.05) is 29.8 Å². The predicted molar refractivity (Wildman–Crippen MR) is 109 cm³/mol. The highest BCUT2D eigenvalue weighted by Crippen LogP contribution is 2.41. The summed E-state index contributed by atoms with van der Waals surface area (Å²) in [4.78, 5) is 14.3. The molecule has 0 unspecified atom stereocenters. The summed E-state index contributed by atoms with van der Waals surface area (Å²) in [5.74, 6) is 1.01. The molecule has 27 heavy (non-hydrogen) atoms. The van der Waals surface area contributed by atoms with Crippen LogP contribution in [0, 0.1) is 0 Å². The van der Waals surface area contributed by atoms with E-state index >= 15 is 0 Å². The van der Waals surface area contributed by atoms with Crippen LogP contribution in [-0.2, 0) is 0 Å². The number of ether oxygens (including phenoxy) is 3. The third-order valence-electron chi connectivity index (χ3n) is 4.03. The molecule has 0 aliphatic carbocycles. The zero-order valence-electron chi connectivity index (χ0n) is 15.0. The molecular formula is C20H18ClNO4S. The van der Waals surface area contributed by atoms with Gasteiger partial charge >= 0.3 is 0 Å². The van der Waals surface area contributed by atoms with Crippen molar-refractivity contribution in [3.8, 4) is 27.7 Å². The SMILES string of the molecule is COc1cc(C(=O)c2sc(-c3ccccc3Cl)cc2N)cc(OC)c1OC. The lowest BCUT2D eigenvalue weighted by molar-refractivity contribution is 0.104. The summed E-state index contributed by atoms with van der Waals surface area (Å²) in [6, 6.07) is 12.4. The molecule has 2 N–H and O–H groups in total. The van der Waals surface area contributed by atoms with E-state index in [9.17, 15) is 4.79 Å². The van der Waals surface area contributed by atoms with Crippen molar-refractivity contribution in [2.75, 3.05) is 27.1 Å². The average Bonchev–Trinajstić information content (AvgIpc) is 3.07. The van der Waals surface area contributed by atoms with Gasteiger partial charge in [0, 0.05) is 21.0 Å². The Balaban J connectivity index is 2.06. The van der Waals surface area contributed by atoms with E-state index in [0.29, 0.717) is 38.4 Å². The third-order valence-corrected chi connectivity index (χ3v) is 5.55. The molecule has 0 aliphatic rings. The molecule has 0 saturated carbocycles. The fraction of sp³-hybridized carbons (Fsp3) is 0.150. The molecule has 140 valence electrons. The summed E-state index contributed by atoms with van der Waals surface area (Å²) in [5.41, 5.74) is 7.75. The molecule has 1 heterocycles. The molecule has 0 saturated heterocycles. The molecule has 1 aromatic heterocycles. The van der Waals surface area contributed by atoms with Gasteiger partial charge in [0.15, 0.2) is 11.5 Å². The van der Waals surface area contributed by atoms with Crippen molar-refractivity contribution in [1.29, 1.82) is 0 Å². The molecule has 0 fully saturated rings. The van der Waals surface area contributed by atoms with Crippen molar-refractivity contribution in [3.63, 3.8) is 0 Å². The number of anilines is 1. The third kappa shape index (κ3) is 3.59. The number of benzene rings is 2. The number of carbonyl (C=O) groups is 1. The highest BCUT2D eigenvalue weighted by molar-refractivity contribution is 7.18. The van der Waals surface area contributed by atoms with Gasteiger partial charge in [0.1, 0.15) is 0 Å². The fourth-order valence-electron chi connectivity index (χ4n) is 2.72. The number of thiophene rings is 1. The summed E-state index contributed by atoms with van der Waals surface area (Å²) in [6.07, 6.45) is 0. The maximum absolute atomic E-state index is 13.1. The Morgan fingerprint density at radius 3 is 2.19 bits per heavy atom. The van der Waals surface area contributed by atoms with E-state index in [4.69, 9.17) is 31.5 Å². The number of methoxy groups -OCH3 is 3. The van der Waals surface area contributed by atoms with E-state index in [1.807, 2.05) is 18.2 Å². The Morgan fingerprint density at radius 1 is 1.00 bits per heavy atom. The molecule has 0 bridgehead atoms. The smallest absolute Gasteiger partial charge is 0.205 e. The number of nitrogen functional groups attached to an aromatic ring is 1. The van der Waals surface area contributed by atoms with Gasteiger partial charge in [-0.15, -0.1) is 11.3 Å². The number of hydrogen-bond donors (Lipinski definition) is 1. The standard InChI is InChI=1S/C20H18ClNO4S/c1-24-15-8-11(9-16(25-2)19(15)26-3)18(23)20-14(22)10-17(27-20)12-6-4-5-7-13(12)21/h4-10H,22H2,1-3H3. The van der Waals surface area contributed by atoms with Crippen LogP contribution >= 0.6 is 22.9 Å². The van der Waals surface area contributed by atoms with Gasteiger partial charge in [-0.25, -0.2) is 0 Å². The van der Waals surface area contributed by atoms with Crippen LogP contribution in [0.15, 0.2) is 42.5 Å². The normalized spacial score (nSPS) is 10.5. The van der Waals surface area contributed by atoms with E-state index in [2.05, 4.69) is 0 Å². The summed E-state index contributed by atoms with van der Waals surface area (Å²) >= 11 is 7.56. The molecule has 3 rings (SSSR count). The van der Waals surface area contributed by atoms with Crippen LogP contribution in [0.4, 0.5) is 5.69 Å². The van der Waals surface area contributed by atoms with Crippen molar-refractivity contribution < 1.29 is 19.0 Å². The lowest BCUT2D eigenvalue weighted by Gasteiger charge is -2.13. The minimum atomic E-state index is -0.227. The van der Waals surface area contributed by atoms with Gasteiger partial charge in [-0.2, -0.15) is 0 Å². The Bertz CT molecular complexity index is 974.